The number of hydrogen-bond acceptors (Lipinski definition) is 6. The quantitative estimate of drug-likeness (QED) is 0.645. The molecule has 0 spiro atoms. The maximum Gasteiger partial charge on any atom is 0.306 e. The molecule has 2 aliphatic carbocycles. The lowest BCUT2D eigenvalue weighted by molar-refractivity contribution is -0.146. The molecular weight excluding hydrogens is 362 g/mol. The van der Waals surface area contributed by atoms with Gasteiger partial charge in [0.25, 0.3) is 0 Å². The minimum Gasteiger partial charge on any atom is -0.493 e. The van der Waals surface area contributed by atoms with E-state index in [1.807, 2.05) is 23.6 Å². The Morgan fingerprint density at radius 3 is 2.81 bits per heavy atom. The highest BCUT2D eigenvalue weighted by Crippen LogP contribution is 2.49. The highest BCUT2D eigenvalue weighted by atomic mass is 32.1. The second kappa shape index (κ2) is 7.89. The van der Waals surface area contributed by atoms with E-state index in [1.54, 1.807) is 14.2 Å². The lowest BCUT2D eigenvalue weighted by Gasteiger charge is -2.20. The molecular formula is C21H25NO4S. The largest absolute Gasteiger partial charge is 0.493 e. The monoisotopic (exact) mass is 387 g/mol. The van der Waals surface area contributed by atoms with Crippen LogP contribution in [0.2, 0.25) is 0 Å². The average Bonchev–Trinajstić information content (AvgIpc) is 3.42. The van der Waals surface area contributed by atoms with Crippen molar-refractivity contribution in [2.24, 2.45) is 17.8 Å². The van der Waals surface area contributed by atoms with Gasteiger partial charge in [-0.05, 0) is 49.1 Å². The summed E-state index contributed by atoms with van der Waals surface area (Å²) in [6, 6.07) is 5.71. The van der Waals surface area contributed by atoms with Gasteiger partial charge in [0, 0.05) is 11.8 Å². The molecule has 1 aromatic heterocycles. The molecule has 144 valence electrons. The Hall–Kier alpha value is -2.08. The number of nitrogens with zero attached hydrogens (tertiary/aromatic N) is 1. The Labute approximate surface area is 163 Å². The number of hydrogen-bond donors (Lipinski definition) is 0. The summed E-state index contributed by atoms with van der Waals surface area (Å²) in [4.78, 5) is 16.8. The molecule has 2 aliphatic rings. The van der Waals surface area contributed by atoms with Crippen LogP contribution in [0, 0.1) is 17.8 Å². The van der Waals surface area contributed by atoms with Gasteiger partial charge in [0.05, 0.1) is 25.5 Å². The third-order valence-corrected chi connectivity index (χ3v) is 6.80. The van der Waals surface area contributed by atoms with Crippen molar-refractivity contribution in [3.63, 3.8) is 0 Å². The molecule has 1 heterocycles. The zero-order valence-corrected chi connectivity index (χ0v) is 16.6. The van der Waals surface area contributed by atoms with E-state index in [4.69, 9.17) is 14.2 Å². The number of methoxy groups -OCH3 is 2. The number of ether oxygens (including phenoxy) is 3. The van der Waals surface area contributed by atoms with Gasteiger partial charge in [-0.1, -0.05) is 12.5 Å². The van der Waals surface area contributed by atoms with Gasteiger partial charge in [0.2, 0.25) is 0 Å². The van der Waals surface area contributed by atoms with Crippen molar-refractivity contribution in [3.05, 3.63) is 29.3 Å². The minimum absolute atomic E-state index is 0.0962. The first-order valence-electron chi connectivity index (χ1n) is 9.49. The molecule has 2 fully saturated rings. The number of para-hydroxylation sites is 1. The van der Waals surface area contributed by atoms with Crippen molar-refractivity contribution in [2.75, 3.05) is 14.2 Å². The summed E-state index contributed by atoms with van der Waals surface area (Å²) in [5.41, 5.74) is 1.64. The molecule has 0 aliphatic heterocycles. The Kier molecular flexibility index (Phi) is 5.34. The summed E-state index contributed by atoms with van der Waals surface area (Å²) >= 11 is 1.51. The van der Waals surface area contributed by atoms with Crippen molar-refractivity contribution in [2.45, 2.75) is 38.7 Å². The number of thiazole rings is 1. The number of carbonyl (C=O) groups is 1. The molecule has 0 N–H and O–H groups in total. The molecule has 27 heavy (non-hydrogen) atoms. The fraction of sp³-hybridized carbons (Fsp3) is 0.524. The number of rotatable bonds is 7. The van der Waals surface area contributed by atoms with Gasteiger partial charge in [-0.3, -0.25) is 4.79 Å². The smallest absolute Gasteiger partial charge is 0.306 e. The summed E-state index contributed by atoms with van der Waals surface area (Å²) in [5, 5.41) is 2.75. The van der Waals surface area contributed by atoms with Crippen LogP contribution in [0.5, 0.6) is 11.5 Å². The van der Waals surface area contributed by atoms with Gasteiger partial charge in [0.1, 0.15) is 11.6 Å². The molecule has 5 nitrogen and oxygen atoms in total. The second-order valence-electron chi connectivity index (χ2n) is 7.48. The molecule has 1 aromatic carbocycles. The lowest BCUT2D eigenvalue weighted by Crippen LogP contribution is -2.17. The zero-order chi connectivity index (χ0) is 18.8. The van der Waals surface area contributed by atoms with Gasteiger partial charge in [-0.15, -0.1) is 11.3 Å². The Balaban J connectivity index is 1.36. The zero-order valence-electron chi connectivity index (χ0n) is 15.8. The Bertz CT molecular complexity index is 818. The van der Waals surface area contributed by atoms with Crippen LogP contribution in [-0.4, -0.2) is 25.2 Å². The van der Waals surface area contributed by atoms with Crippen molar-refractivity contribution < 1.29 is 19.0 Å². The van der Waals surface area contributed by atoms with E-state index in [0.717, 1.165) is 28.1 Å². The minimum atomic E-state index is -0.0962. The topological polar surface area (TPSA) is 57.7 Å². The van der Waals surface area contributed by atoms with Crippen LogP contribution >= 0.6 is 11.3 Å². The third-order valence-electron chi connectivity index (χ3n) is 5.88. The van der Waals surface area contributed by atoms with Crippen LogP contribution in [0.1, 0.15) is 37.8 Å². The number of benzene rings is 1. The number of esters is 1. The molecule has 0 amide bonds. The molecule has 0 unspecified atom stereocenters. The van der Waals surface area contributed by atoms with Gasteiger partial charge >= 0.3 is 5.97 Å². The first kappa shape index (κ1) is 18.3. The van der Waals surface area contributed by atoms with Crippen LogP contribution < -0.4 is 9.47 Å². The van der Waals surface area contributed by atoms with Crippen LogP contribution in [0.4, 0.5) is 0 Å². The van der Waals surface area contributed by atoms with Crippen LogP contribution in [0.15, 0.2) is 23.6 Å². The van der Waals surface area contributed by atoms with E-state index >= 15 is 0 Å². The fourth-order valence-corrected chi connectivity index (χ4v) is 5.43. The van der Waals surface area contributed by atoms with Gasteiger partial charge in [0.15, 0.2) is 11.5 Å². The summed E-state index contributed by atoms with van der Waals surface area (Å²) in [7, 11) is 3.23. The Morgan fingerprint density at radius 1 is 1.22 bits per heavy atom. The van der Waals surface area contributed by atoms with Crippen molar-refractivity contribution in [3.8, 4) is 22.1 Å². The molecule has 2 saturated carbocycles. The summed E-state index contributed by atoms with van der Waals surface area (Å²) < 4.78 is 16.3. The third kappa shape index (κ3) is 3.81. The van der Waals surface area contributed by atoms with Crippen molar-refractivity contribution in [1.82, 2.24) is 4.98 Å². The average molecular weight is 388 g/mol. The van der Waals surface area contributed by atoms with E-state index in [9.17, 15) is 4.79 Å². The highest BCUT2D eigenvalue weighted by molar-refractivity contribution is 7.13. The standard InChI is InChI=1S/C21H25NO4S/c1-24-18-5-3-4-17(20(18)25-2)21-22-16(12-27-21)11-26-19(23)10-15-9-13-6-7-14(15)8-13/h3-5,12-15H,6-11H2,1-2H3/t13-,14-,15+/m1/s1. The Morgan fingerprint density at radius 2 is 2.11 bits per heavy atom. The maximum absolute atomic E-state index is 12.2. The van der Waals surface area contributed by atoms with Crippen molar-refractivity contribution >= 4 is 17.3 Å². The molecule has 0 saturated heterocycles. The van der Waals surface area contributed by atoms with Gasteiger partial charge in [-0.25, -0.2) is 4.98 Å². The first-order chi connectivity index (χ1) is 13.2. The molecule has 3 atom stereocenters. The van der Waals surface area contributed by atoms with Gasteiger partial charge in [-0.2, -0.15) is 0 Å². The number of carbonyl (C=O) groups excluding carboxylic acids is 1. The fourth-order valence-electron chi connectivity index (χ4n) is 4.61. The number of fused-ring (bicyclic) bond motifs is 2. The molecule has 2 bridgehead atoms. The predicted molar refractivity (Wildman–Crippen MR) is 104 cm³/mol. The maximum atomic E-state index is 12.2. The summed E-state index contributed by atoms with van der Waals surface area (Å²) in [6.45, 7) is 0.225. The molecule has 6 heteroatoms. The molecule has 4 rings (SSSR count). The van der Waals surface area contributed by atoms with E-state index in [2.05, 4.69) is 4.98 Å². The van der Waals surface area contributed by atoms with E-state index in [1.165, 1.54) is 37.0 Å². The lowest BCUT2D eigenvalue weighted by atomic mass is 9.86. The normalized spacial score (nSPS) is 23.4. The molecule has 2 aromatic rings. The highest BCUT2D eigenvalue weighted by Gasteiger charge is 2.40. The van der Waals surface area contributed by atoms with Crippen molar-refractivity contribution in [1.29, 1.82) is 0 Å². The van der Waals surface area contributed by atoms with E-state index < -0.39 is 0 Å². The summed E-state index contributed by atoms with van der Waals surface area (Å²) in [5.74, 6) is 3.36. The first-order valence-corrected chi connectivity index (χ1v) is 10.4. The number of aromatic nitrogens is 1. The van der Waals surface area contributed by atoms with Crippen LogP contribution in [0.25, 0.3) is 10.6 Å². The summed E-state index contributed by atoms with van der Waals surface area (Å²) in [6.07, 6.45) is 5.72. The van der Waals surface area contributed by atoms with Crippen LogP contribution in [-0.2, 0) is 16.1 Å². The second-order valence-corrected chi connectivity index (χ2v) is 8.34. The van der Waals surface area contributed by atoms with E-state index in [0.29, 0.717) is 23.8 Å². The van der Waals surface area contributed by atoms with Crippen LogP contribution in [0.3, 0.4) is 0 Å². The van der Waals surface area contributed by atoms with Gasteiger partial charge < -0.3 is 14.2 Å². The van der Waals surface area contributed by atoms with E-state index in [-0.39, 0.29) is 12.6 Å². The molecule has 0 radical (unpaired) electrons. The SMILES string of the molecule is COc1cccc(-c2nc(COC(=O)C[C@@H]3C[C@@H]4CC[C@@H]3C4)cs2)c1OC. The predicted octanol–water partition coefficient (Wildman–Crippen LogP) is 4.70.